The van der Waals surface area contributed by atoms with E-state index in [-0.39, 0.29) is 23.5 Å². The van der Waals surface area contributed by atoms with Crippen molar-refractivity contribution in [3.8, 4) is 5.75 Å². The van der Waals surface area contributed by atoms with E-state index in [1.54, 1.807) is 12.3 Å². The van der Waals surface area contributed by atoms with Gasteiger partial charge in [-0.25, -0.2) is 14.4 Å². The first-order chi connectivity index (χ1) is 15.5. The van der Waals surface area contributed by atoms with Crippen LogP contribution in [0.25, 0.3) is 10.8 Å². The van der Waals surface area contributed by atoms with E-state index in [1.807, 2.05) is 54.3 Å². The van der Waals surface area contributed by atoms with Crippen LogP contribution < -0.4 is 15.0 Å². The lowest BCUT2D eigenvalue weighted by molar-refractivity contribution is 0.102. The van der Waals surface area contributed by atoms with Crippen molar-refractivity contribution in [2.24, 2.45) is 0 Å². The van der Waals surface area contributed by atoms with Crippen LogP contribution in [0.2, 0.25) is 0 Å². The highest BCUT2D eigenvalue weighted by Gasteiger charge is 2.30. The minimum absolute atomic E-state index is 0.0480. The van der Waals surface area contributed by atoms with Gasteiger partial charge in [0.2, 0.25) is 0 Å². The molecule has 1 aromatic heterocycles. The number of hydrogen-bond donors (Lipinski definition) is 1. The Morgan fingerprint density at radius 1 is 1.03 bits per heavy atom. The lowest BCUT2D eigenvalue weighted by atomic mass is 10.1. The van der Waals surface area contributed by atoms with Gasteiger partial charge in [0.1, 0.15) is 29.2 Å². The topological polar surface area (TPSA) is 67.3 Å². The van der Waals surface area contributed by atoms with E-state index in [0.717, 1.165) is 16.3 Å². The van der Waals surface area contributed by atoms with Crippen molar-refractivity contribution >= 4 is 28.2 Å². The maximum atomic E-state index is 13.4. The lowest BCUT2D eigenvalue weighted by Crippen LogP contribution is -2.54. The molecule has 0 atom stereocenters. The first-order valence-corrected chi connectivity index (χ1v) is 10.3. The summed E-state index contributed by atoms with van der Waals surface area (Å²) in [5, 5.41) is 5.03. The van der Waals surface area contributed by atoms with E-state index in [1.165, 1.54) is 18.3 Å². The van der Waals surface area contributed by atoms with Crippen molar-refractivity contribution in [2.45, 2.75) is 13.0 Å². The van der Waals surface area contributed by atoms with Crippen LogP contribution >= 0.6 is 0 Å². The van der Waals surface area contributed by atoms with Crippen LogP contribution in [0, 0.1) is 12.7 Å². The van der Waals surface area contributed by atoms with E-state index < -0.39 is 0 Å². The summed E-state index contributed by atoms with van der Waals surface area (Å²) < 4.78 is 19.3. The van der Waals surface area contributed by atoms with Crippen LogP contribution in [0.5, 0.6) is 5.75 Å². The van der Waals surface area contributed by atoms with Crippen molar-refractivity contribution in [3.63, 3.8) is 0 Å². The molecule has 2 heterocycles. The van der Waals surface area contributed by atoms with E-state index in [4.69, 9.17) is 4.74 Å². The van der Waals surface area contributed by atoms with Gasteiger partial charge < -0.3 is 15.0 Å². The zero-order chi connectivity index (χ0) is 22.1. The first kappa shape index (κ1) is 19.9. The molecule has 0 saturated carbocycles. The Morgan fingerprint density at radius 2 is 1.84 bits per heavy atom. The molecule has 5 rings (SSSR count). The molecule has 0 spiro atoms. The fraction of sp³-hybridized carbons (Fsp3) is 0.160. The molecule has 0 bridgehead atoms. The quantitative estimate of drug-likeness (QED) is 0.503. The van der Waals surface area contributed by atoms with Gasteiger partial charge in [-0.2, -0.15) is 0 Å². The van der Waals surface area contributed by atoms with Gasteiger partial charge >= 0.3 is 0 Å². The van der Waals surface area contributed by atoms with Gasteiger partial charge in [0, 0.05) is 11.8 Å². The zero-order valence-electron chi connectivity index (χ0n) is 17.5. The summed E-state index contributed by atoms with van der Waals surface area (Å²) in [7, 11) is 0. The Hall–Kier alpha value is -4.00. The molecule has 6 nitrogen and oxygen atoms in total. The number of aromatic nitrogens is 2. The number of fused-ring (bicyclic) bond motifs is 1. The third kappa shape index (κ3) is 4.09. The van der Waals surface area contributed by atoms with Crippen LogP contribution in [-0.2, 0) is 0 Å². The smallest absolute Gasteiger partial charge is 0.275 e. The number of rotatable bonds is 5. The molecule has 160 valence electrons. The monoisotopic (exact) mass is 428 g/mol. The second kappa shape index (κ2) is 8.26. The number of carbonyl (C=O) groups excluding carboxylic acids is 1. The highest BCUT2D eigenvalue weighted by molar-refractivity contribution is 6.03. The number of ether oxygens (including phenoxy) is 1. The molecule has 32 heavy (non-hydrogen) atoms. The van der Waals surface area contributed by atoms with Crippen molar-refractivity contribution in [3.05, 3.63) is 90.1 Å². The molecule has 1 saturated heterocycles. The zero-order valence-corrected chi connectivity index (χ0v) is 17.5. The van der Waals surface area contributed by atoms with Crippen molar-refractivity contribution in [1.82, 2.24) is 9.97 Å². The van der Waals surface area contributed by atoms with Crippen molar-refractivity contribution < 1.29 is 13.9 Å². The number of nitrogens with zero attached hydrogens (tertiary/aromatic N) is 3. The predicted octanol–water partition coefficient (Wildman–Crippen LogP) is 4.60. The molecule has 7 heteroatoms. The molecule has 4 aromatic rings. The van der Waals surface area contributed by atoms with Gasteiger partial charge in [-0.3, -0.25) is 4.79 Å². The molecule has 1 N–H and O–H groups in total. The van der Waals surface area contributed by atoms with Crippen LogP contribution in [0.3, 0.4) is 0 Å². The molecule has 1 amide bonds. The fourth-order valence-corrected chi connectivity index (χ4v) is 3.64. The van der Waals surface area contributed by atoms with E-state index in [9.17, 15) is 9.18 Å². The van der Waals surface area contributed by atoms with Crippen LogP contribution in [0.15, 0.2) is 73.1 Å². The van der Waals surface area contributed by atoms with Crippen LogP contribution in [-0.4, -0.2) is 35.1 Å². The number of carbonyl (C=O) groups is 1. The SMILES string of the molecule is Cc1ccc(F)cc1OC1CN(c2cnc(C(=O)Nc3ccc4ccccc4c3)cn2)C1. The summed E-state index contributed by atoms with van der Waals surface area (Å²) in [5.41, 5.74) is 1.84. The summed E-state index contributed by atoms with van der Waals surface area (Å²) in [6.45, 7) is 3.12. The van der Waals surface area contributed by atoms with Crippen LogP contribution in [0.1, 0.15) is 16.1 Å². The number of benzene rings is 3. The Kier molecular flexibility index (Phi) is 5.15. The number of amides is 1. The fourth-order valence-electron chi connectivity index (χ4n) is 3.64. The van der Waals surface area contributed by atoms with E-state index in [2.05, 4.69) is 15.3 Å². The predicted molar refractivity (Wildman–Crippen MR) is 122 cm³/mol. The van der Waals surface area contributed by atoms with Gasteiger partial charge in [-0.05, 0) is 41.5 Å². The van der Waals surface area contributed by atoms with Gasteiger partial charge in [0.15, 0.2) is 0 Å². The van der Waals surface area contributed by atoms with Gasteiger partial charge in [-0.15, -0.1) is 0 Å². The third-order valence-corrected chi connectivity index (χ3v) is 5.49. The Labute approximate surface area is 184 Å². The summed E-state index contributed by atoms with van der Waals surface area (Å²) in [4.78, 5) is 23.2. The maximum absolute atomic E-state index is 13.4. The standard InChI is InChI=1S/C25H21FN4O2/c1-16-6-8-19(26)11-23(16)32-21-14-30(15-21)24-13-27-22(12-28-24)25(31)29-20-9-7-17-4-2-3-5-18(17)10-20/h2-13,21H,14-15H2,1H3,(H,29,31). The van der Waals surface area contributed by atoms with E-state index in [0.29, 0.717) is 30.3 Å². The lowest BCUT2D eigenvalue weighted by Gasteiger charge is -2.39. The van der Waals surface area contributed by atoms with Gasteiger partial charge in [-0.1, -0.05) is 36.4 Å². The average molecular weight is 428 g/mol. The number of hydrogen-bond acceptors (Lipinski definition) is 5. The molecule has 1 aliphatic rings. The molecular formula is C25H21FN4O2. The number of anilines is 2. The summed E-state index contributed by atoms with van der Waals surface area (Å²) in [6.07, 6.45) is 3.00. The molecule has 0 radical (unpaired) electrons. The molecule has 0 aliphatic carbocycles. The molecule has 3 aromatic carbocycles. The number of aryl methyl sites for hydroxylation is 1. The highest BCUT2D eigenvalue weighted by atomic mass is 19.1. The summed E-state index contributed by atoms with van der Waals surface area (Å²) in [6, 6.07) is 18.2. The molecule has 1 fully saturated rings. The first-order valence-electron chi connectivity index (χ1n) is 10.3. The van der Waals surface area contributed by atoms with Gasteiger partial charge in [0.05, 0.1) is 25.5 Å². The number of nitrogens with one attached hydrogen (secondary N) is 1. The number of halogens is 1. The highest BCUT2D eigenvalue weighted by Crippen LogP contribution is 2.25. The minimum Gasteiger partial charge on any atom is -0.486 e. The summed E-state index contributed by atoms with van der Waals surface area (Å²) >= 11 is 0. The van der Waals surface area contributed by atoms with Gasteiger partial charge in [0.25, 0.3) is 5.91 Å². The maximum Gasteiger partial charge on any atom is 0.275 e. The molecular weight excluding hydrogens is 407 g/mol. The second-order valence-electron chi connectivity index (χ2n) is 7.83. The Balaban J connectivity index is 1.19. The molecule has 0 unspecified atom stereocenters. The minimum atomic E-state index is -0.315. The summed E-state index contributed by atoms with van der Waals surface area (Å²) in [5.74, 6) is 0.598. The normalized spacial score (nSPS) is 13.6. The van der Waals surface area contributed by atoms with Crippen molar-refractivity contribution in [2.75, 3.05) is 23.3 Å². The molecule has 1 aliphatic heterocycles. The Bertz CT molecular complexity index is 1290. The largest absolute Gasteiger partial charge is 0.486 e. The average Bonchev–Trinajstić information content (AvgIpc) is 2.78. The second-order valence-corrected chi connectivity index (χ2v) is 7.83. The van der Waals surface area contributed by atoms with Crippen LogP contribution in [0.4, 0.5) is 15.9 Å². The van der Waals surface area contributed by atoms with Crippen molar-refractivity contribution in [1.29, 1.82) is 0 Å². The third-order valence-electron chi connectivity index (χ3n) is 5.49. The van der Waals surface area contributed by atoms with E-state index >= 15 is 0 Å². The Morgan fingerprint density at radius 3 is 2.62 bits per heavy atom.